The Hall–Kier alpha value is -5.18. The number of aromatic amines is 1. The minimum Gasteiger partial charge on any atom is -0.383 e. The van der Waals surface area contributed by atoms with Crippen LogP contribution in [0, 0.1) is 25.0 Å². The fourth-order valence-corrected chi connectivity index (χ4v) is 7.46. The van der Waals surface area contributed by atoms with Gasteiger partial charge in [-0.2, -0.15) is 10.2 Å². The molecule has 2 atom stereocenters. The van der Waals surface area contributed by atoms with Crippen molar-refractivity contribution in [1.82, 2.24) is 44.5 Å². The molecule has 0 bridgehead atoms. The maximum atomic E-state index is 7.32. The summed E-state index contributed by atoms with van der Waals surface area (Å²) in [6, 6.07) is 2.26. The number of fused-ring (bicyclic) bond motifs is 1. The van der Waals surface area contributed by atoms with E-state index in [1.807, 2.05) is 40.2 Å². The average molecular weight is 693 g/mol. The molecule has 2 aliphatic rings. The second kappa shape index (κ2) is 17.7. The van der Waals surface area contributed by atoms with E-state index in [4.69, 9.17) is 28.4 Å². The number of aromatic nitrogens is 9. The molecule has 0 radical (unpaired) electrons. The highest BCUT2D eigenvalue weighted by Crippen LogP contribution is 2.37. The number of hydrogen-bond acceptors (Lipinski definition) is 9. The molecule has 14 heteroatoms. The lowest BCUT2D eigenvalue weighted by Gasteiger charge is -2.19. The minimum atomic E-state index is -0.430. The van der Waals surface area contributed by atoms with Gasteiger partial charge < -0.3 is 29.9 Å². The van der Waals surface area contributed by atoms with E-state index in [0.29, 0.717) is 37.2 Å². The molecule has 5 heterocycles. The SMILES string of the molecule is C.[C-]#[N+]C[C@H](C1CCCC1)n1cc(-c2ncnc(N)c2CC(OC)OC)cn1.[C-]#[N+]C[C@H](C1CCCC1)n1cc(-c2ncnc3[nH]ccc23)cn1. The molecule has 3 N–H and O–H groups in total. The first-order chi connectivity index (χ1) is 24.5. The first kappa shape index (κ1) is 37.1. The summed E-state index contributed by atoms with van der Waals surface area (Å²) in [6.07, 6.45) is 22.2. The van der Waals surface area contributed by atoms with Crippen LogP contribution in [-0.2, 0) is 15.9 Å². The summed E-state index contributed by atoms with van der Waals surface area (Å²) in [5.74, 6) is 1.48. The third-order valence-corrected chi connectivity index (χ3v) is 10.1. The van der Waals surface area contributed by atoms with Gasteiger partial charge >= 0.3 is 0 Å². The molecule has 268 valence electrons. The van der Waals surface area contributed by atoms with Crippen LogP contribution < -0.4 is 5.73 Å². The van der Waals surface area contributed by atoms with Crippen LogP contribution in [0.1, 0.15) is 76.4 Å². The highest BCUT2D eigenvalue weighted by atomic mass is 16.7. The van der Waals surface area contributed by atoms with Gasteiger partial charge in [-0.15, -0.1) is 0 Å². The van der Waals surface area contributed by atoms with Crippen molar-refractivity contribution < 1.29 is 9.47 Å². The molecule has 5 aromatic rings. The number of rotatable bonds is 12. The molecule has 0 saturated heterocycles. The summed E-state index contributed by atoms with van der Waals surface area (Å²) in [5, 5.41) is 10.1. The smallest absolute Gasteiger partial charge is 0.237 e. The van der Waals surface area contributed by atoms with Gasteiger partial charge in [0.2, 0.25) is 13.1 Å². The van der Waals surface area contributed by atoms with Crippen molar-refractivity contribution >= 4 is 16.9 Å². The number of hydrogen-bond donors (Lipinski definition) is 2. The number of nitrogens with zero attached hydrogens (tertiary/aromatic N) is 10. The summed E-state index contributed by atoms with van der Waals surface area (Å²) < 4.78 is 14.5. The monoisotopic (exact) mass is 692 g/mol. The van der Waals surface area contributed by atoms with Gasteiger partial charge in [0, 0.05) is 61.3 Å². The maximum absolute atomic E-state index is 7.32. The Morgan fingerprint density at radius 3 is 1.90 bits per heavy atom. The summed E-state index contributed by atoms with van der Waals surface area (Å²) in [6.45, 7) is 15.5. The number of nitrogens with one attached hydrogen (secondary N) is 1. The van der Waals surface area contributed by atoms with Gasteiger partial charge in [-0.3, -0.25) is 9.36 Å². The van der Waals surface area contributed by atoms with Crippen molar-refractivity contribution in [3.63, 3.8) is 0 Å². The predicted molar refractivity (Wildman–Crippen MR) is 196 cm³/mol. The van der Waals surface area contributed by atoms with E-state index in [1.165, 1.54) is 44.9 Å². The fourth-order valence-electron chi connectivity index (χ4n) is 7.46. The molecule has 0 unspecified atom stereocenters. The second-order valence-corrected chi connectivity index (χ2v) is 13.0. The molecule has 0 aliphatic heterocycles. The van der Waals surface area contributed by atoms with E-state index in [-0.39, 0.29) is 19.5 Å². The van der Waals surface area contributed by atoms with Crippen molar-refractivity contribution in [2.75, 3.05) is 33.0 Å². The van der Waals surface area contributed by atoms with Crippen LogP contribution in [0.5, 0.6) is 0 Å². The summed E-state index contributed by atoms with van der Waals surface area (Å²) >= 11 is 0. The molecule has 2 aliphatic carbocycles. The lowest BCUT2D eigenvalue weighted by molar-refractivity contribution is -0.100. The quantitative estimate of drug-likeness (QED) is 0.106. The first-order valence-electron chi connectivity index (χ1n) is 17.2. The number of nitrogens with two attached hydrogens (primary N) is 1. The van der Waals surface area contributed by atoms with E-state index < -0.39 is 6.29 Å². The minimum absolute atomic E-state index is 0. The van der Waals surface area contributed by atoms with Crippen molar-refractivity contribution in [2.24, 2.45) is 11.8 Å². The number of ether oxygens (including phenoxy) is 2. The topological polar surface area (TPSA) is 156 Å². The molecule has 14 nitrogen and oxygen atoms in total. The number of H-pyrrole nitrogens is 1. The maximum Gasteiger partial charge on any atom is 0.237 e. The fraction of sp³-hybridized carbons (Fsp3) is 0.514. The molecule has 2 saturated carbocycles. The van der Waals surface area contributed by atoms with Crippen LogP contribution in [0.3, 0.4) is 0 Å². The first-order valence-corrected chi connectivity index (χ1v) is 17.2. The molecule has 51 heavy (non-hydrogen) atoms. The predicted octanol–water partition coefficient (Wildman–Crippen LogP) is 6.84. The van der Waals surface area contributed by atoms with Crippen LogP contribution in [0.2, 0.25) is 0 Å². The third-order valence-electron chi connectivity index (χ3n) is 10.1. The average Bonchev–Trinajstić information content (AvgIpc) is 3.99. The number of nitrogen functional groups attached to an aromatic ring is 1. The van der Waals surface area contributed by atoms with Crippen LogP contribution in [0.25, 0.3) is 43.2 Å². The number of methoxy groups -OCH3 is 2. The summed E-state index contributed by atoms with van der Waals surface area (Å²) in [5.41, 5.74) is 11.1. The summed E-state index contributed by atoms with van der Waals surface area (Å²) in [4.78, 5) is 27.6. The van der Waals surface area contributed by atoms with E-state index in [9.17, 15) is 0 Å². The normalized spacial score (nSPS) is 15.9. The van der Waals surface area contributed by atoms with Gasteiger partial charge in [-0.05, 0) is 43.6 Å². The van der Waals surface area contributed by atoms with Crippen molar-refractivity contribution in [3.05, 3.63) is 78.1 Å². The van der Waals surface area contributed by atoms with Crippen LogP contribution in [0.4, 0.5) is 5.82 Å². The van der Waals surface area contributed by atoms with E-state index in [1.54, 1.807) is 26.7 Å². The van der Waals surface area contributed by atoms with E-state index in [0.717, 1.165) is 52.0 Å². The zero-order valence-electron chi connectivity index (χ0n) is 28.6. The zero-order valence-corrected chi connectivity index (χ0v) is 28.6. The van der Waals surface area contributed by atoms with Crippen LogP contribution in [-0.4, -0.2) is 78.1 Å². The zero-order chi connectivity index (χ0) is 34.9. The lowest BCUT2D eigenvalue weighted by Crippen LogP contribution is -2.20. The lowest BCUT2D eigenvalue weighted by atomic mass is 9.98. The third kappa shape index (κ3) is 8.42. The molecular weight excluding hydrogens is 644 g/mol. The van der Waals surface area contributed by atoms with Gasteiger partial charge in [0.05, 0.1) is 23.8 Å². The van der Waals surface area contributed by atoms with Gasteiger partial charge in [-0.25, -0.2) is 33.1 Å². The Balaban J connectivity index is 0.000000196. The Kier molecular flexibility index (Phi) is 12.8. The largest absolute Gasteiger partial charge is 0.383 e. The molecule has 0 amide bonds. The molecule has 5 aromatic heterocycles. The molecular formula is C37H48N12O2. The van der Waals surface area contributed by atoms with Crippen molar-refractivity contribution in [3.8, 4) is 22.5 Å². The standard InChI is InChI=1S/C19H26N6O2.C17H18N6.CH4/c1-21-10-16(13-6-4-5-7-13)25-11-14(9-24-25)18-15(8-17(26-2)27-3)19(20)23-12-22-18;1-18-9-15(12-4-2-3-5-12)23-10-13(8-22-23)16-14-6-7-19-17(14)21-11-20-16;/h9,11-13,16-17H,4-8,10H2,2-3H3,(H2,20,22,23);6-8,10-12,15H,2-5,9H2,(H,19,20,21);1H4/t16-;15-;/m11./s1. The highest BCUT2D eigenvalue weighted by molar-refractivity contribution is 5.90. The van der Waals surface area contributed by atoms with E-state index in [2.05, 4.69) is 44.8 Å². The Morgan fingerprint density at radius 1 is 0.824 bits per heavy atom. The summed E-state index contributed by atoms with van der Waals surface area (Å²) in [7, 11) is 3.17. The number of anilines is 1. The van der Waals surface area contributed by atoms with Gasteiger partial charge in [0.15, 0.2) is 6.29 Å². The molecule has 0 spiro atoms. The van der Waals surface area contributed by atoms with Gasteiger partial charge in [-0.1, -0.05) is 33.1 Å². The van der Waals surface area contributed by atoms with Crippen LogP contribution in [0.15, 0.2) is 49.7 Å². The molecule has 2 fully saturated rings. The van der Waals surface area contributed by atoms with Gasteiger partial charge in [0.25, 0.3) is 0 Å². The molecule has 7 rings (SSSR count). The second-order valence-electron chi connectivity index (χ2n) is 13.0. The Labute approximate surface area is 299 Å². The Bertz CT molecular complexity index is 1920. The molecule has 0 aromatic carbocycles. The van der Waals surface area contributed by atoms with Crippen molar-refractivity contribution in [1.29, 1.82) is 0 Å². The van der Waals surface area contributed by atoms with Crippen LogP contribution >= 0.6 is 0 Å². The van der Waals surface area contributed by atoms with Crippen molar-refractivity contribution in [2.45, 2.75) is 83.6 Å². The van der Waals surface area contributed by atoms with Gasteiger partial charge in [0.1, 0.15) is 36.2 Å². The Morgan fingerprint density at radius 2 is 1.35 bits per heavy atom. The highest BCUT2D eigenvalue weighted by Gasteiger charge is 2.31. The van der Waals surface area contributed by atoms with E-state index >= 15 is 0 Å².